The number of benzene rings is 2. The third kappa shape index (κ3) is 5.61. The first-order chi connectivity index (χ1) is 16.1. The number of anilines is 1. The summed E-state index contributed by atoms with van der Waals surface area (Å²) in [5.41, 5.74) is 0.0593. The van der Waals surface area contributed by atoms with Crippen LogP contribution in [0.25, 0.3) is 0 Å². The Morgan fingerprint density at radius 1 is 1.06 bits per heavy atom. The Morgan fingerprint density at radius 3 is 2.32 bits per heavy atom. The Morgan fingerprint density at radius 2 is 1.71 bits per heavy atom. The second-order valence-corrected chi connectivity index (χ2v) is 8.73. The number of rotatable bonds is 4. The van der Waals surface area contributed by atoms with Crippen molar-refractivity contribution >= 4 is 34.9 Å². The molecule has 2 aliphatic rings. The van der Waals surface area contributed by atoms with Crippen LogP contribution < -0.4 is 10.6 Å². The average Bonchev–Trinajstić information content (AvgIpc) is 3.22. The Hall–Kier alpha value is -3.27. The second kappa shape index (κ2) is 9.54. The van der Waals surface area contributed by atoms with Crippen LogP contribution in [0.4, 0.5) is 23.7 Å². The van der Waals surface area contributed by atoms with Crippen LogP contribution in [-0.2, 0) is 22.4 Å². The van der Waals surface area contributed by atoms with Gasteiger partial charge in [-0.1, -0.05) is 28.9 Å². The third-order valence-electron chi connectivity index (χ3n) is 5.89. The number of carbonyl (C=O) groups is 2. The fourth-order valence-electron chi connectivity index (χ4n) is 3.86. The fraction of sp³-hybridized carbons (Fsp3) is 0.348. The normalized spacial score (nSPS) is 17.2. The number of likely N-dealkylation sites (tertiary alicyclic amines) is 1. The lowest BCUT2D eigenvalue weighted by molar-refractivity contribution is -0.137. The smallest absolute Gasteiger partial charge is 0.388 e. The highest BCUT2D eigenvalue weighted by Gasteiger charge is 2.44. The molecule has 1 saturated heterocycles. The summed E-state index contributed by atoms with van der Waals surface area (Å²) in [5, 5.41) is 10.0. The van der Waals surface area contributed by atoms with Gasteiger partial charge in [-0.25, -0.2) is 4.79 Å². The highest BCUT2D eigenvalue weighted by Crippen LogP contribution is 2.35. The molecule has 0 aliphatic carbocycles. The number of carbonyl (C=O) groups excluding carboxylic acids is 2. The molecular weight excluding hydrogens is 473 g/mol. The number of hydrogen-bond acceptors (Lipinski definition) is 4. The van der Waals surface area contributed by atoms with Crippen molar-refractivity contribution in [2.24, 2.45) is 5.16 Å². The van der Waals surface area contributed by atoms with E-state index < -0.39 is 23.4 Å². The van der Waals surface area contributed by atoms with Gasteiger partial charge < -0.3 is 20.4 Å². The molecule has 3 amide bonds. The van der Waals surface area contributed by atoms with Crippen LogP contribution in [0.3, 0.4) is 0 Å². The average molecular weight is 495 g/mol. The van der Waals surface area contributed by atoms with Crippen LogP contribution in [0.1, 0.15) is 30.4 Å². The van der Waals surface area contributed by atoms with Crippen molar-refractivity contribution < 1.29 is 27.6 Å². The summed E-state index contributed by atoms with van der Waals surface area (Å²) in [7, 11) is 0. The third-order valence-corrected chi connectivity index (χ3v) is 6.14. The number of urea groups is 1. The van der Waals surface area contributed by atoms with Gasteiger partial charge in [0.05, 0.1) is 5.56 Å². The van der Waals surface area contributed by atoms with Gasteiger partial charge in [-0.2, -0.15) is 13.2 Å². The topological polar surface area (TPSA) is 83.0 Å². The van der Waals surface area contributed by atoms with E-state index in [0.717, 1.165) is 17.7 Å². The lowest BCUT2D eigenvalue weighted by Gasteiger charge is -2.37. The van der Waals surface area contributed by atoms with Gasteiger partial charge in [0.2, 0.25) is 0 Å². The largest absolute Gasteiger partial charge is 0.416 e. The Labute approximate surface area is 198 Å². The summed E-state index contributed by atoms with van der Waals surface area (Å²) in [6.45, 7) is 1.06. The zero-order chi connectivity index (χ0) is 24.3. The van der Waals surface area contributed by atoms with E-state index in [2.05, 4.69) is 15.8 Å². The maximum Gasteiger partial charge on any atom is 0.416 e. The van der Waals surface area contributed by atoms with Crippen LogP contribution >= 0.6 is 11.6 Å². The molecule has 11 heteroatoms. The molecule has 2 aliphatic heterocycles. The molecule has 2 N–H and O–H groups in total. The molecule has 0 bridgehead atoms. The van der Waals surface area contributed by atoms with Crippen molar-refractivity contribution in [3.63, 3.8) is 0 Å². The van der Waals surface area contributed by atoms with E-state index in [9.17, 15) is 22.8 Å². The molecule has 0 saturated carbocycles. The standard InChI is InChI=1S/C23H22ClF3N4O3/c24-17-5-1-15(2-6-17)14-28-20(32)19-13-22(34-30-19)9-11-31(12-10-22)21(33)29-18-7-3-16(4-8-18)23(25,26)27/h1-8H,9-14H2,(H,28,32)(H,29,33). The van der Waals surface area contributed by atoms with Crippen molar-refractivity contribution in [3.8, 4) is 0 Å². The van der Waals surface area contributed by atoms with Gasteiger partial charge in [-0.15, -0.1) is 0 Å². The molecular formula is C23H22ClF3N4O3. The zero-order valence-electron chi connectivity index (χ0n) is 18.0. The van der Waals surface area contributed by atoms with Gasteiger partial charge in [-0.05, 0) is 42.0 Å². The highest BCUT2D eigenvalue weighted by molar-refractivity contribution is 6.39. The van der Waals surface area contributed by atoms with Gasteiger partial charge in [0.25, 0.3) is 5.91 Å². The molecule has 7 nitrogen and oxygen atoms in total. The van der Waals surface area contributed by atoms with Crippen molar-refractivity contribution in [3.05, 3.63) is 64.7 Å². The van der Waals surface area contributed by atoms with Crippen LogP contribution in [0.5, 0.6) is 0 Å². The molecule has 1 spiro atoms. The highest BCUT2D eigenvalue weighted by atomic mass is 35.5. The first-order valence-electron chi connectivity index (χ1n) is 10.6. The van der Waals surface area contributed by atoms with Crippen LogP contribution in [0.2, 0.25) is 5.02 Å². The van der Waals surface area contributed by atoms with Gasteiger partial charge >= 0.3 is 12.2 Å². The number of hydrogen-bond donors (Lipinski definition) is 2. The quantitative estimate of drug-likeness (QED) is 0.639. The molecule has 2 aromatic rings. The van der Waals surface area contributed by atoms with Crippen LogP contribution in [-0.4, -0.2) is 41.2 Å². The van der Waals surface area contributed by atoms with Gasteiger partial charge in [0.1, 0.15) is 11.3 Å². The summed E-state index contributed by atoms with van der Waals surface area (Å²) in [6, 6.07) is 11.0. The first-order valence-corrected chi connectivity index (χ1v) is 11.0. The Bertz CT molecular complexity index is 1080. The summed E-state index contributed by atoms with van der Waals surface area (Å²) in [6.07, 6.45) is -3.14. The van der Waals surface area contributed by atoms with Crippen LogP contribution in [0.15, 0.2) is 53.7 Å². The molecule has 180 valence electrons. The van der Waals surface area contributed by atoms with Crippen molar-refractivity contribution in [1.82, 2.24) is 10.2 Å². The summed E-state index contributed by atoms with van der Waals surface area (Å²) >= 11 is 5.86. The van der Waals surface area contributed by atoms with Crippen molar-refractivity contribution in [2.45, 2.75) is 37.6 Å². The molecule has 2 aromatic carbocycles. The molecule has 0 radical (unpaired) electrons. The van der Waals surface area contributed by atoms with Crippen molar-refractivity contribution in [1.29, 1.82) is 0 Å². The number of amides is 3. The van der Waals surface area contributed by atoms with E-state index in [-0.39, 0.29) is 11.6 Å². The molecule has 0 unspecified atom stereocenters. The predicted octanol–water partition coefficient (Wildman–Crippen LogP) is 4.82. The molecule has 1 fully saturated rings. The molecule has 0 atom stereocenters. The number of nitrogens with zero attached hydrogens (tertiary/aromatic N) is 2. The SMILES string of the molecule is O=C(NCc1ccc(Cl)cc1)C1=NOC2(CCN(C(=O)Nc3ccc(C(F)(F)F)cc3)CC2)C1. The summed E-state index contributed by atoms with van der Waals surface area (Å²) in [4.78, 5) is 32.2. The van der Waals surface area contributed by atoms with E-state index in [4.69, 9.17) is 16.4 Å². The number of nitrogens with one attached hydrogen (secondary N) is 2. The monoisotopic (exact) mass is 494 g/mol. The minimum atomic E-state index is -4.43. The number of oxime groups is 1. The predicted molar refractivity (Wildman–Crippen MR) is 120 cm³/mol. The number of alkyl halides is 3. The Kier molecular flexibility index (Phi) is 6.70. The second-order valence-electron chi connectivity index (χ2n) is 8.29. The van der Waals surface area contributed by atoms with Crippen LogP contribution in [0, 0.1) is 0 Å². The van der Waals surface area contributed by atoms with E-state index in [1.807, 2.05) is 12.1 Å². The minimum absolute atomic E-state index is 0.276. The molecule has 4 rings (SSSR count). The summed E-state index contributed by atoms with van der Waals surface area (Å²) in [5.74, 6) is -0.311. The summed E-state index contributed by atoms with van der Waals surface area (Å²) < 4.78 is 38.0. The number of halogens is 4. The fourth-order valence-corrected chi connectivity index (χ4v) is 3.99. The molecule has 34 heavy (non-hydrogen) atoms. The van der Waals surface area contributed by atoms with Gasteiger partial charge in [0, 0.05) is 49.6 Å². The van der Waals surface area contributed by atoms with E-state index in [0.29, 0.717) is 49.6 Å². The minimum Gasteiger partial charge on any atom is -0.388 e. The molecule has 0 aromatic heterocycles. The van der Waals surface area contributed by atoms with Crippen molar-refractivity contribution in [2.75, 3.05) is 18.4 Å². The lowest BCUT2D eigenvalue weighted by Crippen LogP contribution is -2.48. The van der Waals surface area contributed by atoms with E-state index in [1.54, 1.807) is 17.0 Å². The first kappa shape index (κ1) is 23.9. The van der Waals surface area contributed by atoms with Gasteiger partial charge in [0.15, 0.2) is 0 Å². The lowest BCUT2D eigenvalue weighted by atomic mass is 9.87. The number of piperidine rings is 1. The molecule has 2 heterocycles. The maximum atomic E-state index is 12.7. The Balaban J connectivity index is 1.24. The van der Waals surface area contributed by atoms with E-state index in [1.165, 1.54) is 12.1 Å². The maximum absolute atomic E-state index is 12.7. The zero-order valence-corrected chi connectivity index (χ0v) is 18.7. The van der Waals surface area contributed by atoms with Gasteiger partial charge in [-0.3, -0.25) is 4.79 Å². The van der Waals surface area contributed by atoms with E-state index >= 15 is 0 Å².